The van der Waals surface area contributed by atoms with Crippen molar-refractivity contribution in [3.8, 4) is 0 Å². The molecule has 28 heavy (non-hydrogen) atoms. The van der Waals surface area contributed by atoms with E-state index in [-0.39, 0.29) is 5.70 Å². The molecule has 140 valence electrons. The number of nitrogens with one attached hydrogen (secondary N) is 2. The van der Waals surface area contributed by atoms with Crippen molar-refractivity contribution in [2.24, 2.45) is 0 Å². The standard InChI is InChI=1S/C22H16Cl2N2O2/c23-17-11-12-18(24)19(14-17)25-22(28)20(13-15-7-3-1-4-8-15)26-21(27)16-9-5-2-6-10-16/h1-14H,(H,25,28)(H,26,27). The molecule has 2 N–H and O–H groups in total. The minimum atomic E-state index is -0.516. The summed E-state index contributed by atoms with van der Waals surface area (Å²) in [5.41, 5.74) is 1.64. The minimum absolute atomic E-state index is 0.0797. The summed E-state index contributed by atoms with van der Waals surface area (Å²) in [5, 5.41) is 6.13. The first-order valence-electron chi connectivity index (χ1n) is 8.42. The molecular formula is C22H16Cl2N2O2. The van der Waals surface area contributed by atoms with Gasteiger partial charge in [0.05, 0.1) is 10.7 Å². The second-order valence-electron chi connectivity index (χ2n) is 5.87. The van der Waals surface area contributed by atoms with Gasteiger partial charge in [0, 0.05) is 10.6 Å². The second-order valence-corrected chi connectivity index (χ2v) is 6.71. The van der Waals surface area contributed by atoms with E-state index in [1.165, 1.54) is 0 Å². The van der Waals surface area contributed by atoms with Gasteiger partial charge >= 0.3 is 0 Å². The molecule has 0 heterocycles. The summed E-state index contributed by atoms with van der Waals surface area (Å²) in [6.45, 7) is 0. The van der Waals surface area contributed by atoms with Crippen molar-refractivity contribution in [3.05, 3.63) is 106 Å². The molecule has 0 aromatic heterocycles. The van der Waals surface area contributed by atoms with E-state index in [4.69, 9.17) is 23.2 Å². The van der Waals surface area contributed by atoms with E-state index in [1.54, 1.807) is 48.5 Å². The first-order valence-corrected chi connectivity index (χ1v) is 9.18. The third-order valence-corrected chi connectivity index (χ3v) is 4.38. The lowest BCUT2D eigenvalue weighted by Crippen LogP contribution is -2.30. The fourth-order valence-corrected chi connectivity index (χ4v) is 2.78. The molecule has 0 aliphatic rings. The number of halogens is 2. The lowest BCUT2D eigenvalue weighted by Gasteiger charge is -2.12. The third-order valence-electron chi connectivity index (χ3n) is 3.82. The van der Waals surface area contributed by atoms with E-state index in [0.717, 1.165) is 5.56 Å². The van der Waals surface area contributed by atoms with Crippen LogP contribution in [0.5, 0.6) is 0 Å². The normalized spacial score (nSPS) is 11.0. The molecule has 0 radical (unpaired) electrons. The average molecular weight is 411 g/mol. The van der Waals surface area contributed by atoms with Crippen LogP contribution in [0.2, 0.25) is 10.0 Å². The Morgan fingerprint density at radius 3 is 2.14 bits per heavy atom. The smallest absolute Gasteiger partial charge is 0.272 e. The summed E-state index contributed by atoms with van der Waals surface area (Å²) in [5.74, 6) is -0.910. The van der Waals surface area contributed by atoms with E-state index in [9.17, 15) is 9.59 Å². The number of hydrogen-bond donors (Lipinski definition) is 2. The van der Waals surface area contributed by atoms with E-state index in [1.807, 2.05) is 36.4 Å². The number of rotatable bonds is 5. The number of benzene rings is 3. The van der Waals surface area contributed by atoms with E-state index >= 15 is 0 Å². The molecule has 0 spiro atoms. The van der Waals surface area contributed by atoms with Crippen LogP contribution in [0.25, 0.3) is 6.08 Å². The topological polar surface area (TPSA) is 58.2 Å². The van der Waals surface area contributed by atoms with Gasteiger partial charge in [-0.1, -0.05) is 71.7 Å². The number of carbonyl (C=O) groups excluding carboxylic acids is 2. The third kappa shape index (κ3) is 5.22. The summed E-state index contributed by atoms with van der Waals surface area (Å²) < 4.78 is 0. The lowest BCUT2D eigenvalue weighted by atomic mass is 10.1. The molecule has 0 aliphatic carbocycles. The van der Waals surface area contributed by atoms with Crippen LogP contribution in [0.15, 0.2) is 84.6 Å². The summed E-state index contributed by atoms with van der Waals surface area (Å²) in [6.07, 6.45) is 1.59. The van der Waals surface area contributed by atoms with Gasteiger partial charge < -0.3 is 10.6 Å². The summed E-state index contributed by atoms with van der Waals surface area (Å²) in [4.78, 5) is 25.4. The van der Waals surface area contributed by atoms with Crippen LogP contribution in [-0.4, -0.2) is 11.8 Å². The van der Waals surface area contributed by atoms with Crippen LogP contribution in [-0.2, 0) is 4.79 Å². The fraction of sp³-hybridized carbons (Fsp3) is 0. The molecule has 4 nitrogen and oxygen atoms in total. The Bertz CT molecular complexity index is 1020. The maximum atomic E-state index is 12.9. The van der Waals surface area contributed by atoms with Gasteiger partial charge in [0.25, 0.3) is 11.8 Å². The zero-order chi connectivity index (χ0) is 19.9. The van der Waals surface area contributed by atoms with Crippen LogP contribution in [0.3, 0.4) is 0 Å². The zero-order valence-corrected chi connectivity index (χ0v) is 16.2. The summed E-state index contributed by atoms with van der Waals surface area (Å²) in [6, 6.07) is 22.6. The van der Waals surface area contributed by atoms with Gasteiger partial charge in [-0.05, 0) is 42.0 Å². The van der Waals surface area contributed by atoms with Crippen LogP contribution in [0, 0.1) is 0 Å². The van der Waals surface area contributed by atoms with Gasteiger partial charge in [-0.15, -0.1) is 0 Å². The second kappa shape index (κ2) is 9.22. The maximum absolute atomic E-state index is 12.9. The average Bonchev–Trinajstić information content (AvgIpc) is 2.71. The molecule has 3 aromatic carbocycles. The van der Waals surface area contributed by atoms with Gasteiger partial charge in [-0.2, -0.15) is 0 Å². The first kappa shape index (κ1) is 19.7. The van der Waals surface area contributed by atoms with Gasteiger partial charge in [-0.3, -0.25) is 9.59 Å². The fourth-order valence-electron chi connectivity index (χ4n) is 2.44. The number of anilines is 1. The van der Waals surface area contributed by atoms with Crippen molar-refractivity contribution in [2.45, 2.75) is 0 Å². The van der Waals surface area contributed by atoms with Crippen molar-refractivity contribution < 1.29 is 9.59 Å². The van der Waals surface area contributed by atoms with Gasteiger partial charge in [0.1, 0.15) is 5.70 Å². The molecule has 0 fully saturated rings. The Kier molecular flexibility index (Phi) is 6.48. The minimum Gasteiger partial charge on any atom is -0.319 e. The lowest BCUT2D eigenvalue weighted by molar-refractivity contribution is -0.113. The SMILES string of the molecule is O=C(Nc1cc(Cl)ccc1Cl)C(=Cc1ccccc1)NC(=O)c1ccccc1. The van der Waals surface area contributed by atoms with Crippen LogP contribution in [0.4, 0.5) is 5.69 Å². The van der Waals surface area contributed by atoms with Crippen molar-refractivity contribution >= 4 is 46.8 Å². The largest absolute Gasteiger partial charge is 0.319 e. The molecule has 0 aliphatic heterocycles. The summed E-state index contributed by atoms with van der Waals surface area (Å²) in [7, 11) is 0. The molecular weight excluding hydrogens is 395 g/mol. The Labute approximate surface area is 172 Å². The van der Waals surface area contributed by atoms with Crippen LogP contribution in [0.1, 0.15) is 15.9 Å². The van der Waals surface area contributed by atoms with Crippen LogP contribution >= 0.6 is 23.2 Å². The highest BCUT2D eigenvalue weighted by molar-refractivity contribution is 6.36. The number of carbonyl (C=O) groups is 2. The maximum Gasteiger partial charge on any atom is 0.272 e. The molecule has 6 heteroatoms. The molecule has 0 unspecified atom stereocenters. The van der Waals surface area contributed by atoms with E-state index < -0.39 is 11.8 Å². The van der Waals surface area contributed by atoms with Crippen molar-refractivity contribution in [1.29, 1.82) is 0 Å². The molecule has 3 aromatic rings. The van der Waals surface area contributed by atoms with E-state index in [2.05, 4.69) is 10.6 Å². The molecule has 2 amide bonds. The highest BCUT2D eigenvalue weighted by atomic mass is 35.5. The first-order chi connectivity index (χ1) is 13.5. The van der Waals surface area contributed by atoms with Gasteiger partial charge in [0.2, 0.25) is 0 Å². The van der Waals surface area contributed by atoms with Crippen molar-refractivity contribution in [1.82, 2.24) is 5.32 Å². The van der Waals surface area contributed by atoms with Gasteiger partial charge in [0.15, 0.2) is 0 Å². The van der Waals surface area contributed by atoms with Crippen LogP contribution < -0.4 is 10.6 Å². The molecule has 3 rings (SSSR count). The Balaban J connectivity index is 1.89. The molecule has 0 saturated carbocycles. The predicted molar refractivity (Wildman–Crippen MR) is 113 cm³/mol. The Morgan fingerprint density at radius 2 is 1.46 bits per heavy atom. The highest BCUT2D eigenvalue weighted by Gasteiger charge is 2.16. The van der Waals surface area contributed by atoms with Crippen molar-refractivity contribution in [3.63, 3.8) is 0 Å². The van der Waals surface area contributed by atoms with E-state index in [0.29, 0.717) is 21.3 Å². The predicted octanol–water partition coefficient (Wildman–Crippen LogP) is 5.40. The number of hydrogen-bond acceptors (Lipinski definition) is 2. The quantitative estimate of drug-likeness (QED) is 0.552. The molecule has 0 atom stereocenters. The zero-order valence-electron chi connectivity index (χ0n) is 14.7. The summed E-state index contributed by atoms with van der Waals surface area (Å²) >= 11 is 12.1. The monoisotopic (exact) mass is 410 g/mol. The number of amides is 2. The molecule has 0 bridgehead atoms. The Hall–Kier alpha value is -3.08. The van der Waals surface area contributed by atoms with Crippen molar-refractivity contribution in [2.75, 3.05) is 5.32 Å². The molecule has 0 saturated heterocycles. The Morgan fingerprint density at radius 1 is 0.821 bits per heavy atom. The van der Waals surface area contributed by atoms with Gasteiger partial charge in [-0.25, -0.2) is 0 Å². The highest BCUT2D eigenvalue weighted by Crippen LogP contribution is 2.25.